The quantitative estimate of drug-likeness (QED) is 0.0570. The first-order valence-corrected chi connectivity index (χ1v) is 16.5. The lowest BCUT2D eigenvalue weighted by Gasteiger charge is -2.20. The van der Waals surface area contributed by atoms with E-state index in [-0.39, 0.29) is 19.4 Å². The maximum Gasteiger partial charge on any atom is 0.472 e. The van der Waals surface area contributed by atoms with Crippen molar-refractivity contribution in [3.8, 4) is 0 Å². The summed E-state index contributed by atoms with van der Waals surface area (Å²) in [5, 5.41) is 18.1. The third-order valence-electron chi connectivity index (χ3n) is 6.26. The van der Waals surface area contributed by atoms with E-state index < -0.39 is 51.8 Å². The Morgan fingerprint density at radius 2 is 1.10 bits per heavy atom. The molecule has 0 rings (SSSR count). The molecule has 3 N–H and O–H groups in total. The molecule has 0 aliphatic carbocycles. The fourth-order valence-electron chi connectivity index (χ4n) is 3.87. The summed E-state index contributed by atoms with van der Waals surface area (Å²) in [4.78, 5) is 34.0. The van der Waals surface area contributed by atoms with Crippen LogP contribution in [0.1, 0.15) is 129 Å². The molecule has 0 aliphatic rings. The monoisotopic (exact) mass is 582 g/mol. The summed E-state index contributed by atoms with van der Waals surface area (Å²) in [6.45, 7) is 2.14. The van der Waals surface area contributed by atoms with Gasteiger partial charge in [0.1, 0.15) is 12.7 Å². The minimum absolute atomic E-state index is 0.174. The van der Waals surface area contributed by atoms with E-state index >= 15 is 0 Å². The highest BCUT2D eigenvalue weighted by Crippen LogP contribution is 2.43. The maximum atomic E-state index is 12.2. The minimum Gasteiger partial charge on any atom is -0.462 e. The fraction of sp³-hybridized carbons (Fsp3) is 0.929. The Morgan fingerprint density at radius 3 is 1.64 bits per heavy atom. The predicted octanol–water partition coefficient (Wildman–Crippen LogP) is 5.99. The molecule has 0 fully saturated rings. The highest BCUT2D eigenvalue weighted by atomic mass is 31.2. The molecule has 232 valence electrons. The number of phosphoric ester groups is 1. The summed E-state index contributed by atoms with van der Waals surface area (Å²) in [5.41, 5.74) is 0. The van der Waals surface area contributed by atoms with Crippen molar-refractivity contribution in [3.63, 3.8) is 0 Å². The molecule has 0 radical (unpaired) electrons. The Bertz CT molecular complexity index is 646. The summed E-state index contributed by atoms with van der Waals surface area (Å²) in [7, 11) is -4.58. The smallest absolute Gasteiger partial charge is 0.462 e. The number of rotatable bonds is 28. The summed E-state index contributed by atoms with van der Waals surface area (Å²) >= 11 is 0. The molecule has 3 atom stereocenters. The van der Waals surface area contributed by atoms with Crippen molar-refractivity contribution in [2.24, 2.45) is 0 Å². The fourth-order valence-corrected chi connectivity index (χ4v) is 4.66. The van der Waals surface area contributed by atoms with Crippen LogP contribution >= 0.6 is 7.82 Å². The van der Waals surface area contributed by atoms with Gasteiger partial charge >= 0.3 is 19.8 Å². The van der Waals surface area contributed by atoms with E-state index in [1.165, 1.54) is 57.8 Å². The van der Waals surface area contributed by atoms with Crippen molar-refractivity contribution in [1.82, 2.24) is 0 Å². The molecule has 0 aromatic carbocycles. The maximum absolute atomic E-state index is 12.2. The molecule has 0 bridgehead atoms. The lowest BCUT2D eigenvalue weighted by Crippen LogP contribution is -2.29. The van der Waals surface area contributed by atoms with Gasteiger partial charge in [0.15, 0.2) is 6.10 Å². The van der Waals surface area contributed by atoms with Crippen molar-refractivity contribution in [3.05, 3.63) is 0 Å². The number of hydrogen-bond acceptors (Lipinski definition) is 9. The Morgan fingerprint density at radius 1 is 0.667 bits per heavy atom. The Kier molecular flexibility index (Phi) is 25.2. The number of hydrogen-bond donors (Lipinski definition) is 3. The van der Waals surface area contributed by atoms with Gasteiger partial charge in [-0.1, -0.05) is 104 Å². The van der Waals surface area contributed by atoms with Crippen LogP contribution in [-0.4, -0.2) is 65.7 Å². The Labute approximate surface area is 235 Å². The van der Waals surface area contributed by atoms with Gasteiger partial charge in [-0.3, -0.25) is 18.6 Å². The van der Waals surface area contributed by atoms with Gasteiger partial charge in [0, 0.05) is 12.8 Å². The second-order valence-electron chi connectivity index (χ2n) is 10.1. The van der Waals surface area contributed by atoms with Gasteiger partial charge < -0.3 is 24.6 Å². The average Bonchev–Trinajstić information content (AvgIpc) is 2.91. The number of unbranched alkanes of at least 4 members (excludes halogenated alkanes) is 14. The van der Waals surface area contributed by atoms with Crippen LogP contribution in [0.25, 0.3) is 0 Å². The Balaban J connectivity index is 4.22. The molecule has 11 heteroatoms. The molecule has 10 nitrogen and oxygen atoms in total. The largest absolute Gasteiger partial charge is 0.472 e. The van der Waals surface area contributed by atoms with Gasteiger partial charge in [0.05, 0.1) is 19.8 Å². The zero-order valence-electron chi connectivity index (χ0n) is 24.4. The van der Waals surface area contributed by atoms with Crippen molar-refractivity contribution < 1.29 is 47.8 Å². The van der Waals surface area contributed by atoms with Crippen molar-refractivity contribution in [2.45, 2.75) is 142 Å². The zero-order chi connectivity index (χ0) is 29.2. The first-order valence-electron chi connectivity index (χ1n) is 15.0. The number of carbonyl (C=O) groups excluding carboxylic acids is 2. The van der Waals surface area contributed by atoms with Crippen LogP contribution in [0.5, 0.6) is 0 Å². The number of carbonyl (C=O) groups is 2. The van der Waals surface area contributed by atoms with E-state index in [1.807, 2.05) is 6.92 Å². The molecule has 0 spiro atoms. The van der Waals surface area contributed by atoms with Crippen LogP contribution in [-0.2, 0) is 32.7 Å². The average molecular weight is 583 g/mol. The molecule has 0 heterocycles. The number of esters is 2. The predicted molar refractivity (Wildman–Crippen MR) is 150 cm³/mol. The van der Waals surface area contributed by atoms with Crippen LogP contribution in [0.15, 0.2) is 0 Å². The first kappa shape index (κ1) is 38.0. The van der Waals surface area contributed by atoms with E-state index in [4.69, 9.17) is 19.1 Å². The van der Waals surface area contributed by atoms with E-state index in [0.717, 1.165) is 32.1 Å². The second-order valence-corrected chi connectivity index (χ2v) is 11.6. The second kappa shape index (κ2) is 25.9. The standard InChI is InChI=1S/C28H55O10P/c1-3-5-7-8-9-10-11-12-13-14-15-16-18-19-27(31)35-23-26(38-28(32)20-17-6-4-2)24-37-39(33,34)36-22-25(30)21-29/h25-26,29-30H,3-24H2,1-2H3,(H,33,34)/t25-,26+/m0/s1. The summed E-state index contributed by atoms with van der Waals surface area (Å²) in [6.07, 6.45) is 16.1. The normalized spacial score (nSPS) is 14.5. The molecular formula is C28H55O10P. The molecule has 0 aromatic heterocycles. The first-order chi connectivity index (χ1) is 18.7. The minimum atomic E-state index is -4.58. The van der Waals surface area contributed by atoms with Gasteiger partial charge in [-0.2, -0.15) is 0 Å². The molecular weight excluding hydrogens is 527 g/mol. The molecule has 0 saturated heterocycles. The molecule has 39 heavy (non-hydrogen) atoms. The van der Waals surface area contributed by atoms with Gasteiger partial charge in [-0.05, 0) is 12.8 Å². The number of ether oxygens (including phenoxy) is 2. The van der Waals surface area contributed by atoms with Crippen LogP contribution in [0.3, 0.4) is 0 Å². The van der Waals surface area contributed by atoms with Gasteiger partial charge in [-0.25, -0.2) is 4.57 Å². The molecule has 0 aliphatic heterocycles. The van der Waals surface area contributed by atoms with E-state index in [9.17, 15) is 24.2 Å². The van der Waals surface area contributed by atoms with Crippen molar-refractivity contribution in [1.29, 1.82) is 0 Å². The van der Waals surface area contributed by atoms with E-state index in [1.54, 1.807) is 0 Å². The van der Waals surface area contributed by atoms with Gasteiger partial charge in [0.25, 0.3) is 0 Å². The summed E-state index contributed by atoms with van der Waals surface area (Å²) in [5.74, 6) is -0.950. The molecule has 0 amide bonds. The lowest BCUT2D eigenvalue weighted by atomic mass is 10.0. The van der Waals surface area contributed by atoms with Crippen LogP contribution in [0, 0.1) is 0 Å². The summed E-state index contributed by atoms with van der Waals surface area (Å²) < 4.78 is 32.0. The number of phosphoric acid groups is 1. The van der Waals surface area contributed by atoms with Gasteiger partial charge in [-0.15, -0.1) is 0 Å². The van der Waals surface area contributed by atoms with Crippen LogP contribution in [0.2, 0.25) is 0 Å². The highest BCUT2D eigenvalue weighted by molar-refractivity contribution is 7.47. The zero-order valence-corrected chi connectivity index (χ0v) is 25.3. The summed E-state index contributed by atoms with van der Waals surface area (Å²) in [6, 6.07) is 0. The highest BCUT2D eigenvalue weighted by Gasteiger charge is 2.27. The van der Waals surface area contributed by atoms with Crippen LogP contribution < -0.4 is 0 Å². The topological polar surface area (TPSA) is 149 Å². The third kappa shape index (κ3) is 25.7. The van der Waals surface area contributed by atoms with Crippen molar-refractivity contribution >= 4 is 19.8 Å². The third-order valence-corrected chi connectivity index (χ3v) is 7.21. The lowest BCUT2D eigenvalue weighted by molar-refractivity contribution is -0.161. The van der Waals surface area contributed by atoms with Gasteiger partial charge in [0.2, 0.25) is 0 Å². The molecule has 1 unspecified atom stereocenters. The molecule has 0 saturated carbocycles. The van der Waals surface area contributed by atoms with Crippen LogP contribution in [0.4, 0.5) is 0 Å². The van der Waals surface area contributed by atoms with Crippen molar-refractivity contribution in [2.75, 3.05) is 26.4 Å². The van der Waals surface area contributed by atoms with E-state index in [2.05, 4.69) is 11.4 Å². The molecule has 0 aromatic rings. The number of aliphatic hydroxyl groups is 2. The van der Waals surface area contributed by atoms with E-state index in [0.29, 0.717) is 12.8 Å². The number of aliphatic hydroxyl groups excluding tert-OH is 2. The Hall–Kier alpha value is -1.03. The SMILES string of the molecule is CCCCCCCCCCCCCCCC(=O)OC[C@H](COP(=O)(O)OC[C@@H](O)CO)OC(=O)CCCCC.